The number of hydrogen-bond donors (Lipinski definition) is 2. The predicted octanol–water partition coefficient (Wildman–Crippen LogP) is 1.92. The fourth-order valence-corrected chi connectivity index (χ4v) is 3.21. The number of benzene rings is 1. The molecular weight excluding hydrogens is 324 g/mol. The normalized spacial score (nSPS) is 10.9. The Morgan fingerprint density at radius 1 is 1.04 bits per heavy atom. The molecule has 0 radical (unpaired) electrons. The molecule has 1 aromatic carbocycles. The van der Waals surface area contributed by atoms with Crippen LogP contribution in [0.4, 0.5) is 11.9 Å². The van der Waals surface area contributed by atoms with E-state index in [0.717, 1.165) is 28.7 Å². The number of nitrogens with zero attached hydrogens (tertiary/aromatic N) is 6. The largest absolute Gasteiger partial charge is 0.368 e. The van der Waals surface area contributed by atoms with Gasteiger partial charge in [-0.25, -0.2) is 0 Å². The molecular formula is C15H18N8S. The lowest BCUT2D eigenvalue weighted by Crippen LogP contribution is -2.06. The summed E-state index contributed by atoms with van der Waals surface area (Å²) in [5, 5.41) is 9.46. The minimum atomic E-state index is 0.121. The van der Waals surface area contributed by atoms with Crippen molar-refractivity contribution in [1.82, 2.24) is 29.7 Å². The fourth-order valence-electron chi connectivity index (χ4n) is 2.35. The van der Waals surface area contributed by atoms with Crippen molar-refractivity contribution in [2.45, 2.75) is 31.3 Å². The molecule has 0 saturated carbocycles. The number of hydrogen-bond acceptors (Lipinski definition) is 8. The zero-order valence-corrected chi connectivity index (χ0v) is 14.3. The van der Waals surface area contributed by atoms with Gasteiger partial charge in [0.05, 0.1) is 5.75 Å². The predicted molar refractivity (Wildman–Crippen MR) is 94.1 cm³/mol. The number of aryl methyl sites for hydroxylation is 1. The van der Waals surface area contributed by atoms with Crippen LogP contribution in [-0.2, 0) is 12.3 Å². The third-order valence-corrected chi connectivity index (χ3v) is 4.43. The maximum absolute atomic E-state index is 5.60. The number of thioether (sulfide) groups is 1. The zero-order valence-electron chi connectivity index (χ0n) is 13.5. The maximum Gasteiger partial charge on any atom is 0.225 e. The second-order valence-electron chi connectivity index (χ2n) is 5.12. The Hall–Kier alpha value is -2.68. The third kappa shape index (κ3) is 3.30. The van der Waals surface area contributed by atoms with Crippen LogP contribution in [0.1, 0.15) is 18.3 Å². The topological polar surface area (TPSA) is 121 Å². The molecule has 8 nitrogen and oxygen atoms in total. The van der Waals surface area contributed by atoms with Crippen LogP contribution in [0.2, 0.25) is 0 Å². The van der Waals surface area contributed by atoms with E-state index < -0.39 is 0 Å². The van der Waals surface area contributed by atoms with Gasteiger partial charge in [0.25, 0.3) is 0 Å². The highest BCUT2D eigenvalue weighted by Gasteiger charge is 2.15. The van der Waals surface area contributed by atoms with E-state index in [1.165, 1.54) is 11.8 Å². The van der Waals surface area contributed by atoms with Crippen LogP contribution < -0.4 is 11.5 Å². The molecule has 4 N–H and O–H groups in total. The van der Waals surface area contributed by atoms with E-state index in [4.69, 9.17) is 11.5 Å². The Kier molecular flexibility index (Phi) is 4.61. The highest BCUT2D eigenvalue weighted by atomic mass is 32.2. The molecule has 2 heterocycles. The number of anilines is 2. The van der Waals surface area contributed by atoms with E-state index in [-0.39, 0.29) is 11.9 Å². The van der Waals surface area contributed by atoms with Crippen molar-refractivity contribution in [2.75, 3.05) is 11.5 Å². The summed E-state index contributed by atoms with van der Waals surface area (Å²) in [5.41, 5.74) is 13.4. The molecule has 0 bridgehead atoms. The molecule has 0 atom stereocenters. The van der Waals surface area contributed by atoms with Gasteiger partial charge in [-0.15, -0.1) is 10.2 Å². The van der Waals surface area contributed by atoms with Gasteiger partial charge in [-0.2, -0.15) is 15.0 Å². The van der Waals surface area contributed by atoms with Gasteiger partial charge < -0.3 is 16.0 Å². The van der Waals surface area contributed by atoms with Crippen LogP contribution >= 0.6 is 11.8 Å². The van der Waals surface area contributed by atoms with Crippen molar-refractivity contribution in [3.63, 3.8) is 0 Å². The molecule has 2 aromatic heterocycles. The van der Waals surface area contributed by atoms with Crippen LogP contribution in [0.3, 0.4) is 0 Å². The van der Waals surface area contributed by atoms with Crippen molar-refractivity contribution in [3.8, 4) is 11.4 Å². The summed E-state index contributed by atoms with van der Waals surface area (Å²) in [6, 6.07) is 8.12. The Labute approximate surface area is 143 Å². The van der Waals surface area contributed by atoms with Gasteiger partial charge >= 0.3 is 0 Å². The molecule has 0 aliphatic carbocycles. The summed E-state index contributed by atoms with van der Waals surface area (Å²) < 4.78 is 2.07. The van der Waals surface area contributed by atoms with Crippen molar-refractivity contribution in [2.24, 2.45) is 0 Å². The zero-order chi connectivity index (χ0) is 17.1. The average Bonchev–Trinajstić information content (AvgIpc) is 2.95. The SMILES string of the molecule is CCn1c(SCc2nc(N)nc(N)n2)nnc1-c1ccccc1C. The standard InChI is InChI=1S/C15H18N8S/c1-3-23-12(10-7-5-4-6-9(10)2)21-22-15(23)24-8-11-18-13(16)20-14(17)19-11/h4-7H,3,8H2,1-2H3,(H4,16,17,18,19,20). The second kappa shape index (κ2) is 6.83. The van der Waals surface area contributed by atoms with Crippen LogP contribution in [0.5, 0.6) is 0 Å². The highest BCUT2D eigenvalue weighted by Crippen LogP contribution is 2.27. The van der Waals surface area contributed by atoms with Crippen LogP contribution in [0.15, 0.2) is 29.4 Å². The number of rotatable bonds is 5. The summed E-state index contributed by atoms with van der Waals surface area (Å²) >= 11 is 1.49. The Bertz CT molecular complexity index is 840. The first kappa shape index (κ1) is 16.2. The highest BCUT2D eigenvalue weighted by molar-refractivity contribution is 7.98. The van der Waals surface area contributed by atoms with Crippen LogP contribution in [-0.4, -0.2) is 29.7 Å². The van der Waals surface area contributed by atoms with Crippen LogP contribution in [0, 0.1) is 6.92 Å². The first-order valence-electron chi connectivity index (χ1n) is 7.46. The van der Waals surface area contributed by atoms with E-state index in [1.54, 1.807) is 0 Å². The maximum atomic E-state index is 5.60. The van der Waals surface area contributed by atoms with E-state index in [9.17, 15) is 0 Å². The average molecular weight is 342 g/mol. The Morgan fingerprint density at radius 2 is 1.75 bits per heavy atom. The molecule has 3 rings (SSSR count). The summed E-state index contributed by atoms with van der Waals surface area (Å²) in [4.78, 5) is 11.9. The number of aromatic nitrogens is 6. The lowest BCUT2D eigenvalue weighted by atomic mass is 10.1. The fraction of sp³-hybridized carbons (Fsp3) is 0.267. The van der Waals surface area contributed by atoms with Crippen molar-refractivity contribution < 1.29 is 0 Å². The molecule has 0 spiro atoms. The molecule has 3 aromatic rings. The lowest BCUT2D eigenvalue weighted by molar-refractivity contribution is 0.686. The number of nitrogens with two attached hydrogens (primary N) is 2. The summed E-state index contributed by atoms with van der Waals surface area (Å²) in [6.45, 7) is 4.89. The third-order valence-electron chi connectivity index (χ3n) is 3.47. The summed E-state index contributed by atoms with van der Waals surface area (Å²) in [6.07, 6.45) is 0. The molecule has 124 valence electrons. The molecule has 9 heteroatoms. The van der Waals surface area contributed by atoms with E-state index >= 15 is 0 Å². The smallest absolute Gasteiger partial charge is 0.225 e. The Morgan fingerprint density at radius 3 is 2.42 bits per heavy atom. The van der Waals surface area contributed by atoms with Crippen LogP contribution in [0.25, 0.3) is 11.4 Å². The monoisotopic (exact) mass is 342 g/mol. The second-order valence-corrected chi connectivity index (χ2v) is 6.06. The first-order chi connectivity index (χ1) is 11.6. The van der Waals surface area contributed by atoms with Crippen molar-refractivity contribution in [1.29, 1.82) is 0 Å². The van der Waals surface area contributed by atoms with Crippen molar-refractivity contribution in [3.05, 3.63) is 35.7 Å². The minimum absolute atomic E-state index is 0.121. The first-order valence-corrected chi connectivity index (χ1v) is 8.45. The van der Waals surface area contributed by atoms with Gasteiger partial charge in [-0.05, 0) is 19.4 Å². The summed E-state index contributed by atoms with van der Waals surface area (Å²) in [5.74, 6) is 2.11. The molecule has 0 saturated heterocycles. The van der Waals surface area contributed by atoms with Crippen molar-refractivity contribution >= 4 is 23.7 Å². The van der Waals surface area contributed by atoms with E-state index in [1.807, 2.05) is 18.2 Å². The molecule has 0 amide bonds. The van der Waals surface area contributed by atoms with E-state index in [0.29, 0.717) is 11.6 Å². The van der Waals surface area contributed by atoms with Gasteiger partial charge in [0, 0.05) is 12.1 Å². The van der Waals surface area contributed by atoms with Gasteiger partial charge in [0.1, 0.15) is 5.82 Å². The molecule has 0 unspecified atom stereocenters. The van der Waals surface area contributed by atoms with Gasteiger partial charge in [0.15, 0.2) is 11.0 Å². The lowest BCUT2D eigenvalue weighted by Gasteiger charge is -2.09. The quantitative estimate of drug-likeness (QED) is 0.674. The molecule has 0 aliphatic rings. The van der Waals surface area contributed by atoms with Gasteiger partial charge in [-0.1, -0.05) is 36.0 Å². The van der Waals surface area contributed by atoms with E-state index in [2.05, 4.69) is 49.6 Å². The molecule has 0 fully saturated rings. The molecule has 24 heavy (non-hydrogen) atoms. The number of nitrogen functional groups attached to an aromatic ring is 2. The van der Waals surface area contributed by atoms with Gasteiger partial charge in [0.2, 0.25) is 11.9 Å². The Balaban J connectivity index is 1.86. The molecule has 0 aliphatic heterocycles. The summed E-state index contributed by atoms with van der Waals surface area (Å²) in [7, 11) is 0. The van der Waals surface area contributed by atoms with Gasteiger partial charge in [-0.3, -0.25) is 0 Å². The minimum Gasteiger partial charge on any atom is -0.368 e.